The first kappa shape index (κ1) is 15.5. The molecule has 0 bridgehead atoms. The lowest BCUT2D eigenvalue weighted by atomic mass is 9.49. The first-order chi connectivity index (χ1) is 11.2. The van der Waals surface area contributed by atoms with Gasteiger partial charge in [-0.25, -0.2) is 0 Å². The normalized spacial score (nSPS) is 29.6. The van der Waals surface area contributed by atoms with Crippen LogP contribution in [0.5, 0.6) is 0 Å². The lowest BCUT2D eigenvalue weighted by molar-refractivity contribution is -0.136. The van der Waals surface area contributed by atoms with Crippen molar-refractivity contribution in [3.63, 3.8) is 0 Å². The Morgan fingerprint density at radius 3 is 2.78 bits per heavy atom. The maximum Gasteiger partial charge on any atom is 0.228 e. The van der Waals surface area contributed by atoms with E-state index in [2.05, 4.69) is 19.4 Å². The summed E-state index contributed by atoms with van der Waals surface area (Å²) in [6.07, 6.45) is 8.46. The Kier molecular flexibility index (Phi) is 3.90. The predicted octanol–water partition coefficient (Wildman–Crippen LogP) is 1.48. The third-order valence-corrected chi connectivity index (χ3v) is 6.66. The van der Waals surface area contributed by atoms with Crippen LogP contribution in [0.15, 0.2) is 6.20 Å². The van der Waals surface area contributed by atoms with Gasteiger partial charge in [0.25, 0.3) is 0 Å². The zero-order chi connectivity index (χ0) is 15.9. The molecule has 2 N–H and O–H groups in total. The molecule has 1 aromatic rings. The molecule has 1 heterocycles. The van der Waals surface area contributed by atoms with Gasteiger partial charge in [-0.3, -0.25) is 4.79 Å². The molecule has 23 heavy (non-hydrogen) atoms. The van der Waals surface area contributed by atoms with Crippen LogP contribution >= 0.6 is 11.7 Å². The molecule has 0 aromatic carbocycles. The number of nitrogens with zero attached hydrogens (tertiary/aromatic N) is 2. The Bertz CT molecular complexity index is 569. The average molecular weight is 336 g/mol. The number of aromatic nitrogens is 2. The van der Waals surface area contributed by atoms with Crippen molar-refractivity contribution >= 4 is 17.6 Å². The summed E-state index contributed by atoms with van der Waals surface area (Å²) in [5.74, 6) is 0.206. The summed E-state index contributed by atoms with van der Waals surface area (Å²) in [7, 11) is 1.68. The van der Waals surface area contributed by atoms with Gasteiger partial charge < -0.3 is 15.4 Å². The number of carbonyl (C=O) groups excluding carboxylic acids is 1. The fourth-order valence-corrected chi connectivity index (χ4v) is 4.66. The van der Waals surface area contributed by atoms with Gasteiger partial charge in [0, 0.05) is 31.2 Å². The van der Waals surface area contributed by atoms with E-state index in [0.29, 0.717) is 18.7 Å². The van der Waals surface area contributed by atoms with Crippen molar-refractivity contribution in [2.24, 2.45) is 10.8 Å². The molecule has 3 fully saturated rings. The van der Waals surface area contributed by atoms with E-state index in [9.17, 15) is 4.79 Å². The summed E-state index contributed by atoms with van der Waals surface area (Å²) in [6.45, 7) is 1.33. The Hall–Kier alpha value is -1.05. The van der Waals surface area contributed by atoms with Gasteiger partial charge in [-0.1, -0.05) is 6.42 Å². The van der Waals surface area contributed by atoms with Crippen LogP contribution in [-0.2, 0) is 16.1 Å². The molecule has 3 aliphatic rings. The van der Waals surface area contributed by atoms with Crippen LogP contribution in [0.25, 0.3) is 0 Å². The maximum atomic E-state index is 12.6. The van der Waals surface area contributed by atoms with Crippen molar-refractivity contribution in [3.05, 3.63) is 11.9 Å². The van der Waals surface area contributed by atoms with Crippen LogP contribution in [0.2, 0.25) is 0 Å². The minimum absolute atomic E-state index is 0.206. The lowest BCUT2D eigenvalue weighted by Crippen LogP contribution is -2.71. The van der Waals surface area contributed by atoms with Gasteiger partial charge in [-0.2, -0.15) is 8.75 Å². The highest BCUT2D eigenvalue weighted by Gasteiger charge is 2.60. The van der Waals surface area contributed by atoms with Gasteiger partial charge in [0.15, 0.2) is 0 Å². The topological polar surface area (TPSA) is 76.1 Å². The molecule has 0 saturated heterocycles. The SMILES string of the molecule is COCC1(C(=O)NC2CC(NCc3cnsn3)C23CCC3)CC1. The van der Waals surface area contributed by atoms with Crippen molar-refractivity contribution in [2.45, 2.75) is 57.2 Å². The van der Waals surface area contributed by atoms with Crippen LogP contribution in [0, 0.1) is 10.8 Å². The number of carbonyl (C=O) groups is 1. The number of rotatable bonds is 7. The first-order valence-electron chi connectivity index (χ1n) is 8.48. The zero-order valence-corrected chi connectivity index (χ0v) is 14.3. The van der Waals surface area contributed by atoms with Crippen LogP contribution in [0.1, 0.15) is 44.2 Å². The number of methoxy groups -OCH3 is 1. The molecule has 3 aliphatic carbocycles. The van der Waals surface area contributed by atoms with E-state index in [-0.39, 0.29) is 16.7 Å². The highest BCUT2D eigenvalue weighted by molar-refractivity contribution is 6.99. The van der Waals surface area contributed by atoms with Gasteiger partial charge in [0.05, 0.1) is 35.6 Å². The molecular formula is C16H24N4O2S. The molecule has 1 aromatic heterocycles. The fraction of sp³-hybridized carbons (Fsp3) is 0.812. The van der Waals surface area contributed by atoms with E-state index in [4.69, 9.17) is 4.74 Å². The van der Waals surface area contributed by atoms with E-state index < -0.39 is 0 Å². The summed E-state index contributed by atoms with van der Waals surface area (Å²) < 4.78 is 13.5. The highest BCUT2D eigenvalue weighted by atomic mass is 32.1. The zero-order valence-electron chi connectivity index (χ0n) is 13.5. The maximum absolute atomic E-state index is 12.6. The Morgan fingerprint density at radius 2 is 2.22 bits per heavy atom. The van der Waals surface area contributed by atoms with Gasteiger partial charge in [0.2, 0.25) is 5.91 Å². The lowest BCUT2D eigenvalue weighted by Gasteiger charge is -2.62. The van der Waals surface area contributed by atoms with Crippen molar-refractivity contribution in [1.29, 1.82) is 0 Å². The molecule has 1 amide bonds. The largest absolute Gasteiger partial charge is 0.384 e. The Balaban J connectivity index is 1.33. The number of amides is 1. The van der Waals surface area contributed by atoms with Crippen molar-refractivity contribution in [2.75, 3.05) is 13.7 Å². The monoisotopic (exact) mass is 336 g/mol. The quantitative estimate of drug-likeness (QED) is 0.789. The van der Waals surface area contributed by atoms with Crippen LogP contribution in [-0.4, -0.2) is 40.5 Å². The Labute approximate surface area is 140 Å². The third-order valence-electron chi connectivity index (χ3n) is 6.14. The second-order valence-corrected chi connectivity index (χ2v) is 7.95. The number of hydrogen-bond donors (Lipinski definition) is 2. The minimum atomic E-state index is -0.232. The molecule has 4 rings (SSSR count). The summed E-state index contributed by atoms with van der Waals surface area (Å²) in [4.78, 5) is 12.6. The van der Waals surface area contributed by atoms with Crippen LogP contribution in [0.4, 0.5) is 0 Å². The average Bonchev–Trinajstić information content (AvgIpc) is 3.07. The van der Waals surface area contributed by atoms with Crippen molar-refractivity contribution < 1.29 is 9.53 Å². The summed E-state index contributed by atoms with van der Waals surface area (Å²) in [5, 5.41) is 6.96. The van der Waals surface area contributed by atoms with E-state index in [1.165, 1.54) is 31.0 Å². The summed E-state index contributed by atoms with van der Waals surface area (Å²) in [5.41, 5.74) is 1.04. The molecule has 2 atom stereocenters. The molecule has 7 heteroatoms. The summed E-state index contributed by atoms with van der Waals surface area (Å²) >= 11 is 1.25. The van der Waals surface area contributed by atoms with E-state index in [0.717, 1.165) is 31.5 Å². The first-order valence-corrected chi connectivity index (χ1v) is 9.21. The number of nitrogens with one attached hydrogen (secondary N) is 2. The standard InChI is InChI=1S/C16H24N4O2S/c1-22-10-15(5-6-15)14(21)19-13-7-12(16(13)3-2-4-16)17-8-11-9-18-23-20-11/h9,12-13,17H,2-8,10H2,1H3,(H,19,21). The van der Waals surface area contributed by atoms with Gasteiger partial charge in [-0.05, 0) is 32.1 Å². The molecule has 126 valence electrons. The second kappa shape index (κ2) is 5.79. The molecular weight excluding hydrogens is 312 g/mol. The molecule has 2 unspecified atom stereocenters. The predicted molar refractivity (Wildman–Crippen MR) is 86.9 cm³/mol. The van der Waals surface area contributed by atoms with Crippen LogP contribution in [0.3, 0.4) is 0 Å². The van der Waals surface area contributed by atoms with Gasteiger partial charge in [-0.15, -0.1) is 0 Å². The number of hydrogen-bond acceptors (Lipinski definition) is 6. The second-order valence-electron chi connectivity index (χ2n) is 7.39. The number of ether oxygens (including phenoxy) is 1. The summed E-state index contributed by atoms with van der Waals surface area (Å²) in [6, 6.07) is 0.810. The van der Waals surface area contributed by atoms with Crippen molar-refractivity contribution in [1.82, 2.24) is 19.4 Å². The van der Waals surface area contributed by atoms with E-state index in [1.54, 1.807) is 7.11 Å². The molecule has 0 aliphatic heterocycles. The molecule has 0 radical (unpaired) electrons. The van der Waals surface area contributed by atoms with Gasteiger partial charge in [0.1, 0.15) is 0 Å². The Morgan fingerprint density at radius 1 is 1.39 bits per heavy atom. The molecule has 1 spiro atoms. The minimum Gasteiger partial charge on any atom is -0.384 e. The smallest absolute Gasteiger partial charge is 0.228 e. The highest BCUT2D eigenvalue weighted by Crippen LogP contribution is 2.56. The third kappa shape index (κ3) is 2.58. The van der Waals surface area contributed by atoms with E-state index >= 15 is 0 Å². The van der Waals surface area contributed by atoms with Gasteiger partial charge >= 0.3 is 0 Å². The van der Waals surface area contributed by atoms with Crippen molar-refractivity contribution in [3.8, 4) is 0 Å². The fourth-order valence-electron chi connectivity index (χ4n) is 4.22. The van der Waals surface area contributed by atoms with Crippen LogP contribution < -0.4 is 10.6 Å². The molecule has 6 nitrogen and oxygen atoms in total. The molecule has 3 saturated carbocycles. The van der Waals surface area contributed by atoms with E-state index in [1.807, 2.05) is 6.20 Å².